The van der Waals surface area contributed by atoms with E-state index in [0.717, 1.165) is 0 Å². The first-order valence-electron chi connectivity index (χ1n) is 17.4. The average Bonchev–Trinajstić information content (AvgIpc) is 3.62. The first-order chi connectivity index (χ1) is 24.5. The number of pyridine rings is 1. The lowest BCUT2D eigenvalue weighted by atomic mass is 9.80. The second-order valence-electron chi connectivity index (χ2n) is 14.0. The molecule has 9 aromatic rings. The lowest BCUT2D eigenvalue weighted by Crippen LogP contribution is -2.15. The Bertz CT molecular complexity index is 2760. The van der Waals surface area contributed by atoms with Gasteiger partial charge in [0.25, 0.3) is 0 Å². The Hall–Kier alpha value is -6.25. The van der Waals surface area contributed by atoms with Crippen molar-refractivity contribution in [3.8, 4) is 50.2 Å². The van der Waals surface area contributed by atoms with Crippen molar-refractivity contribution in [2.24, 2.45) is 0 Å². The van der Waals surface area contributed by atoms with E-state index in [1.807, 2.05) is 12.4 Å². The molecule has 0 bridgehead atoms. The molecule has 50 heavy (non-hydrogen) atoms. The van der Waals surface area contributed by atoms with Crippen LogP contribution in [0.3, 0.4) is 0 Å². The Labute approximate surface area is 291 Å². The highest BCUT2D eigenvalue weighted by atomic mass is 15.0. The largest absolute Gasteiger partial charge is 0.309 e. The van der Waals surface area contributed by atoms with Gasteiger partial charge in [0.05, 0.1) is 11.0 Å². The van der Waals surface area contributed by atoms with E-state index in [2.05, 4.69) is 181 Å². The second-order valence-corrected chi connectivity index (χ2v) is 14.0. The van der Waals surface area contributed by atoms with Gasteiger partial charge in [-0.25, -0.2) is 0 Å². The molecular weight excluding hydrogens is 605 g/mol. The van der Waals surface area contributed by atoms with E-state index in [1.165, 1.54) is 93.9 Å². The summed E-state index contributed by atoms with van der Waals surface area (Å²) in [7, 11) is 0. The molecule has 0 spiro atoms. The molecular formula is C48H34N2. The maximum absolute atomic E-state index is 4.38. The minimum atomic E-state index is -0.125. The van der Waals surface area contributed by atoms with Crippen LogP contribution in [-0.2, 0) is 5.41 Å². The summed E-state index contributed by atoms with van der Waals surface area (Å²) in [5, 5.41) is 4.94. The molecule has 7 aromatic carbocycles. The van der Waals surface area contributed by atoms with Crippen LogP contribution in [-0.4, -0.2) is 9.55 Å². The molecule has 2 heteroatoms. The fourth-order valence-corrected chi connectivity index (χ4v) is 8.31. The van der Waals surface area contributed by atoms with Gasteiger partial charge in [-0.15, -0.1) is 0 Å². The van der Waals surface area contributed by atoms with Crippen molar-refractivity contribution >= 4 is 32.6 Å². The number of benzene rings is 7. The molecule has 0 atom stereocenters. The summed E-state index contributed by atoms with van der Waals surface area (Å²) in [6.45, 7) is 4.75. The van der Waals surface area contributed by atoms with Crippen LogP contribution in [0.2, 0.25) is 0 Å². The lowest BCUT2D eigenvalue weighted by Gasteiger charge is -2.22. The summed E-state index contributed by atoms with van der Waals surface area (Å²) in [6.07, 6.45) is 3.82. The monoisotopic (exact) mass is 638 g/mol. The van der Waals surface area contributed by atoms with Gasteiger partial charge in [-0.2, -0.15) is 0 Å². The summed E-state index contributed by atoms with van der Waals surface area (Å²) in [5.74, 6) is 0. The third-order valence-corrected chi connectivity index (χ3v) is 10.9. The molecule has 0 unspecified atom stereocenters. The van der Waals surface area contributed by atoms with Crippen LogP contribution < -0.4 is 0 Å². The third kappa shape index (κ3) is 4.32. The molecule has 2 aromatic heterocycles. The Morgan fingerprint density at radius 3 is 1.84 bits per heavy atom. The number of fused-ring (bicyclic) bond motifs is 7. The van der Waals surface area contributed by atoms with E-state index in [0.29, 0.717) is 0 Å². The van der Waals surface area contributed by atoms with Gasteiger partial charge in [0.1, 0.15) is 0 Å². The van der Waals surface area contributed by atoms with Gasteiger partial charge in [-0.1, -0.05) is 123 Å². The number of aromatic nitrogens is 2. The molecule has 0 saturated heterocycles. The number of para-hydroxylation sites is 2. The van der Waals surface area contributed by atoms with E-state index in [1.54, 1.807) is 0 Å². The molecule has 0 aliphatic heterocycles. The minimum Gasteiger partial charge on any atom is -0.309 e. The highest BCUT2D eigenvalue weighted by Crippen LogP contribution is 2.51. The molecule has 0 saturated carbocycles. The van der Waals surface area contributed by atoms with Gasteiger partial charge in [0, 0.05) is 39.7 Å². The average molecular weight is 639 g/mol. The predicted molar refractivity (Wildman–Crippen MR) is 210 cm³/mol. The van der Waals surface area contributed by atoms with Crippen LogP contribution in [0.15, 0.2) is 170 Å². The smallest absolute Gasteiger partial charge is 0.0541 e. The van der Waals surface area contributed by atoms with Crippen LogP contribution >= 0.6 is 0 Å². The van der Waals surface area contributed by atoms with Crippen LogP contribution in [0.1, 0.15) is 25.0 Å². The lowest BCUT2D eigenvalue weighted by molar-refractivity contribution is 0.661. The fourth-order valence-electron chi connectivity index (χ4n) is 8.31. The van der Waals surface area contributed by atoms with Gasteiger partial charge < -0.3 is 4.57 Å². The van der Waals surface area contributed by atoms with Crippen molar-refractivity contribution < 1.29 is 0 Å². The molecule has 0 N–H and O–H groups in total. The summed E-state index contributed by atoms with van der Waals surface area (Å²) in [5.41, 5.74) is 16.3. The maximum atomic E-state index is 4.38. The third-order valence-electron chi connectivity index (χ3n) is 10.9. The Kier molecular flexibility index (Phi) is 6.25. The number of nitrogens with zero attached hydrogens (tertiary/aromatic N) is 2. The SMILES string of the molecule is CC1(C)c2cc(-c3ccc(-c4cccc5ccncc45)cc3)ccc2-c2ccc(-c3ccc4c(c3)c3ccccc3n4-c3ccccc3)cc21. The second kappa shape index (κ2) is 10.9. The molecule has 1 aliphatic rings. The van der Waals surface area contributed by atoms with Crippen LogP contribution in [0, 0.1) is 0 Å². The topological polar surface area (TPSA) is 17.8 Å². The summed E-state index contributed by atoms with van der Waals surface area (Å²) >= 11 is 0. The van der Waals surface area contributed by atoms with E-state index < -0.39 is 0 Å². The summed E-state index contributed by atoms with van der Waals surface area (Å²) in [6, 6.07) is 58.0. The van der Waals surface area contributed by atoms with Gasteiger partial charge in [-0.05, 0) is 110 Å². The first kappa shape index (κ1) is 28.7. The van der Waals surface area contributed by atoms with Crippen molar-refractivity contribution in [1.29, 1.82) is 0 Å². The molecule has 1 aliphatic carbocycles. The normalized spacial score (nSPS) is 13.2. The zero-order valence-corrected chi connectivity index (χ0v) is 28.1. The van der Waals surface area contributed by atoms with Crippen LogP contribution in [0.4, 0.5) is 0 Å². The van der Waals surface area contributed by atoms with E-state index >= 15 is 0 Å². The number of rotatable bonds is 4. The summed E-state index contributed by atoms with van der Waals surface area (Å²) in [4.78, 5) is 4.38. The predicted octanol–water partition coefficient (Wildman–Crippen LogP) is 12.6. The number of hydrogen-bond acceptors (Lipinski definition) is 1. The highest BCUT2D eigenvalue weighted by molar-refractivity contribution is 6.10. The van der Waals surface area contributed by atoms with Crippen molar-refractivity contribution in [2.75, 3.05) is 0 Å². The van der Waals surface area contributed by atoms with Gasteiger partial charge in [0.15, 0.2) is 0 Å². The molecule has 10 rings (SSSR count). The zero-order valence-electron chi connectivity index (χ0n) is 28.1. The van der Waals surface area contributed by atoms with E-state index in [-0.39, 0.29) is 5.41 Å². The van der Waals surface area contributed by atoms with E-state index in [4.69, 9.17) is 0 Å². The van der Waals surface area contributed by atoms with Crippen molar-refractivity contribution in [1.82, 2.24) is 9.55 Å². The maximum Gasteiger partial charge on any atom is 0.0541 e. The standard InChI is InChI=1S/C48H34N2/c1-48(2)44-28-35(31-15-17-33(18-16-31)38-13-8-9-32-25-26-49-30-43(32)38)19-22-39(44)40-23-20-36(29-45(40)48)34-21-24-47-42(27-34)41-12-6-7-14-46(41)50(47)37-10-4-3-5-11-37/h3-30H,1-2H3. The van der Waals surface area contributed by atoms with Crippen molar-refractivity contribution in [2.45, 2.75) is 19.3 Å². The Morgan fingerprint density at radius 1 is 0.440 bits per heavy atom. The van der Waals surface area contributed by atoms with Gasteiger partial charge in [0.2, 0.25) is 0 Å². The quantitative estimate of drug-likeness (QED) is 0.188. The summed E-state index contributed by atoms with van der Waals surface area (Å²) < 4.78 is 2.38. The molecule has 0 radical (unpaired) electrons. The Morgan fingerprint density at radius 2 is 1.06 bits per heavy atom. The zero-order chi connectivity index (χ0) is 33.4. The van der Waals surface area contributed by atoms with Crippen molar-refractivity contribution in [3.63, 3.8) is 0 Å². The molecule has 0 amide bonds. The minimum absolute atomic E-state index is 0.125. The highest BCUT2D eigenvalue weighted by Gasteiger charge is 2.36. The van der Waals surface area contributed by atoms with E-state index in [9.17, 15) is 0 Å². The molecule has 0 fully saturated rings. The van der Waals surface area contributed by atoms with Crippen LogP contribution in [0.5, 0.6) is 0 Å². The molecule has 2 nitrogen and oxygen atoms in total. The molecule has 236 valence electrons. The number of hydrogen-bond donors (Lipinski definition) is 0. The molecule has 2 heterocycles. The van der Waals surface area contributed by atoms with Gasteiger partial charge in [-0.3, -0.25) is 4.98 Å². The fraction of sp³-hybridized carbons (Fsp3) is 0.0625. The Balaban J connectivity index is 1.01. The van der Waals surface area contributed by atoms with Crippen LogP contribution in [0.25, 0.3) is 82.8 Å². The first-order valence-corrected chi connectivity index (χ1v) is 17.4. The van der Waals surface area contributed by atoms with Crippen molar-refractivity contribution in [3.05, 3.63) is 181 Å². The van der Waals surface area contributed by atoms with Gasteiger partial charge >= 0.3 is 0 Å².